The number of esters is 1. The zero-order valence-electron chi connectivity index (χ0n) is 22.6. The number of anilines is 2. The van der Waals surface area contributed by atoms with E-state index in [1.165, 1.54) is 44.9 Å². The molecular formula is C33H38N2O3. The van der Waals surface area contributed by atoms with Crippen LogP contribution in [-0.4, -0.2) is 25.5 Å². The number of nitrogens with zero attached hydrogens (tertiary/aromatic N) is 2. The summed E-state index contributed by atoms with van der Waals surface area (Å²) in [5.74, 6) is 0.690. The molecule has 1 aliphatic rings. The van der Waals surface area contributed by atoms with Crippen molar-refractivity contribution in [1.82, 2.24) is 0 Å². The average Bonchev–Trinajstić information content (AvgIpc) is 3.32. The number of rotatable bonds is 14. The first-order valence-electron chi connectivity index (χ1n) is 13.8. The van der Waals surface area contributed by atoms with E-state index >= 15 is 0 Å². The van der Waals surface area contributed by atoms with Crippen LogP contribution in [0.25, 0.3) is 6.08 Å². The number of hydrogen-bond donors (Lipinski definition) is 0. The minimum absolute atomic E-state index is 0.291. The van der Waals surface area contributed by atoms with Gasteiger partial charge in [-0.25, -0.2) is 9.79 Å². The maximum absolute atomic E-state index is 12.5. The summed E-state index contributed by atoms with van der Waals surface area (Å²) in [6, 6.07) is 25.7. The fraction of sp³-hybridized carbons (Fsp3) is 0.333. The highest BCUT2D eigenvalue weighted by molar-refractivity contribution is 6.12. The molecule has 5 nitrogen and oxygen atoms in total. The van der Waals surface area contributed by atoms with Gasteiger partial charge in [-0.2, -0.15) is 0 Å². The van der Waals surface area contributed by atoms with Crippen LogP contribution in [0.3, 0.4) is 0 Å². The molecule has 0 N–H and O–H groups in total. The van der Waals surface area contributed by atoms with Gasteiger partial charge in [-0.15, -0.1) is 0 Å². The first-order chi connectivity index (χ1) is 18.6. The molecule has 1 aliphatic heterocycles. The van der Waals surface area contributed by atoms with Crippen molar-refractivity contribution in [3.05, 3.63) is 95.7 Å². The average molecular weight is 511 g/mol. The zero-order valence-corrected chi connectivity index (χ0v) is 22.6. The topological polar surface area (TPSA) is 51.1 Å². The van der Waals surface area contributed by atoms with E-state index in [9.17, 15) is 4.79 Å². The van der Waals surface area contributed by atoms with Crippen molar-refractivity contribution in [2.45, 2.75) is 58.3 Å². The molecule has 3 aromatic carbocycles. The minimum atomic E-state index is -0.444. The van der Waals surface area contributed by atoms with Crippen LogP contribution in [0.15, 0.2) is 89.6 Å². The molecule has 3 aromatic rings. The maximum atomic E-state index is 12.5. The molecule has 0 saturated carbocycles. The Labute approximate surface area is 226 Å². The van der Waals surface area contributed by atoms with Gasteiger partial charge in [-0.1, -0.05) is 82.2 Å². The summed E-state index contributed by atoms with van der Waals surface area (Å²) in [5.41, 5.74) is 4.09. The van der Waals surface area contributed by atoms with Crippen LogP contribution in [0.1, 0.15) is 69.4 Å². The first-order valence-corrected chi connectivity index (χ1v) is 13.8. The predicted molar refractivity (Wildman–Crippen MR) is 156 cm³/mol. The van der Waals surface area contributed by atoms with Crippen LogP contribution in [0.4, 0.5) is 11.4 Å². The summed E-state index contributed by atoms with van der Waals surface area (Å²) in [6.07, 6.45) is 12.0. The molecule has 1 heterocycles. The predicted octanol–water partition coefficient (Wildman–Crippen LogP) is 8.32. The number of para-hydroxylation sites is 1. The number of unbranched alkanes of at least 4 members (excludes halogenated alkanes) is 7. The van der Waals surface area contributed by atoms with E-state index in [-0.39, 0.29) is 0 Å². The summed E-state index contributed by atoms with van der Waals surface area (Å²) >= 11 is 0. The Morgan fingerprint density at radius 2 is 1.42 bits per heavy atom. The minimum Gasteiger partial charge on any atom is -0.494 e. The van der Waals surface area contributed by atoms with Gasteiger partial charge in [0, 0.05) is 24.0 Å². The van der Waals surface area contributed by atoms with Gasteiger partial charge in [0.2, 0.25) is 5.90 Å². The third kappa shape index (κ3) is 7.82. The Kier molecular flexibility index (Phi) is 10.1. The van der Waals surface area contributed by atoms with Crippen LogP contribution in [0.2, 0.25) is 0 Å². The second-order valence-electron chi connectivity index (χ2n) is 9.67. The molecule has 0 radical (unpaired) electrons. The standard InChI is InChI=1S/C33H38N2O3/c1-3-4-5-6-7-8-9-13-24-37-30-22-18-27(19-23-30)32-34-31(33(36)38-32)25-26-16-20-29(21-17-26)35(2)28-14-11-10-12-15-28/h10-12,14-23,25H,3-9,13,24H2,1-2H3/b31-25-. The molecule has 0 fully saturated rings. The van der Waals surface area contributed by atoms with Crippen molar-refractivity contribution in [2.24, 2.45) is 4.99 Å². The van der Waals surface area contributed by atoms with Crippen molar-refractivity contribution < 1.29 is 14.3 Å². The van der Waals surface area contributed by atoms with Gasteiger partial charge in [-0.05, 0) is 66.6 Å². The molecule has 5 heteroatoms. The van der Waals surface area contributed by atoms with Crippen LogP contribution in [0.5, 0.6) is 5.75 Å². The highest BCUT2D eigenvalue weighted by Gasteiger charge is 2.24. The fourth-order valence-corrected chi connectivity index (χ4v) is 4.41. The second-order valence-corrected chi connectivity index (χ2v) is 9.67. The van der Waals surface area contributed by atoms with E-state index in [0.717, 1.165) is 41.3 Å². The molecule has 0 aliphatic carbocycles. The lowest BCUT2D eigenvalue weighted by molar-refractivity contribution is -0.129. The third-order valence-corrected chi connectivity index (χ3v) is 6.72. The van der Waals surface area contributed by atoms with Crippen LogP contribution < -0.4 is 9.64 Å². The number of cyclic esters (lactones) is 1. The Morgan fingerprint density at radius 3 is 2.11 bits per heavy atom. The lowest BCUT2D eigenvalue weighted by Gasteiger charge is -2.19. The number of aliphatic imine (C=N–C) groups is 1. The molecule has 0 aromatic heterocycles. The number of hydrogen-bond acceptors (Lipinski definition) is 5. The molecular weight excluding hydrogens is 472 g/mol. The SMILES string of the molecule is CCCCCCCCCCOc1ccc(C2=N/C(=C\c3ccc(N(C)c4ccccc4)cc3)C(=O)O2)cc1. The van der Waals surface area contributed by atoms with Gasteiger partial charge < -0.3 is 14.4 Å². The molecule has 0 atom stereocenters. The van der Waals surface area contributed by atoms with Gasteiger partial charge in [0.15, 0.2) is 5.70 Å². The van der Waals surface area contributed by atoms with E-state index in [1.54, 1.807) is 6.08 Å². The normalized spacial score (nSPS) is 13.9. The zero-order chi connectivity index (χ0) is 26.6. The van der Waals surface area contributed by atoms with E-state index in [4.69, 9.17) is 9.47 Å². The smallest absolute Gasteiger partial charge is 0.363 e. The molecule has 4 rings (SSSR count). The van der Waals surface area contributed by atoms with E-state index in [1.807, 2.05) is 73.8 Å². The summed E-state index contributed by atoms with van der Waals surface area (Å²) < 4.78 is 11.3. The van der Waals surface area contributed by atoms with Crippen molar-refractivity contribution in [1.29, 1.82) is 0 Å². The molecule has 0 spiro atoms. The Morgan fingerprint density at radius 1 is 0.789 bits per heavy atom. The molecule has 38 heavy (non-hydrogen) atoms. The van der Waals surface area contributed by atoms with Gasteiger partial charge in [0.05, 0.1) is 6.61 Å². The molecule has 0 unspecified atom stereocenters. The number of ether oxygens (including phenoxy) is 2. The summed E-state index contributed by atoms with van der Waals surface area (Å²) in [4.78, 5) is 19.0. The highest BCUT2D eigenvalue weighted by Crippen LogP contribution is 2.25. The lowest BCUT2D eigenvalue weighted by Crippen LogP contribution is -2.08. The van der Waals surface area contributed by atoms with Crippen molar-refractivity contribution >= 4 is 29.3 Å². The van der Waals surface area contributed by atoms with Crippen molar-refractivity contribution in [2.75, 3.05) is 18.6 Å². The Balaban J connectivity index is 1.28. The molecule has 0 amide bonds. The van der Waals surface area contributed by atoms with E-state index in [2.05, 4.69) is 28.9 Å². The molecule has 0 bridgehead atoms. The van der Waals surface area contributed by atoms with Crippen molar-refractivity contribution in [3.8, 4) is 5.75 Å². The number of carbonyl (C=O) groups is 1. The summed E-state index contributed by atoms with van der Waals surface area (Å²) in [6.45, 7) is 2.97. The molecule has 198 valence electrons. The van der Waals surface area contributed by atoms with E-state index < -0.39 is 5.97 Å². The van der Waals surface area contributed by atoms with Gasteiger partial charge in [0.1, 0.15) is 5.75 Å². The Hall–Kier alpha value is -3.86. The first kappa shape index (κ1) is 27.2. The van der Waals surface area contributed by atoms with E-state index in [0.29, 0.717) is 11.6 Å². The fourth-order valence-electron chi connectivity index (χ4n) is 4.41. The third-order valence-electron chi connectivity index (χ3n) is 6.72. The molecule has 0 saturated heterocycles. The summed E-state index contributed by atoms with van der Waals surface area (Å²) in [5, 5.41) is 0. The number of benzene rings is 3. The summed E-state index contributed by atoms with van der Waals surface area (Å²) in [7, 11) is 2.03. The van der Waals surface area contributed by atoms with Gasteiger partial charge >= 0.3 is 5.97 Å². The van der Waals surface area contributed by atoms with Gasteiger partial charge in [-0.3, -0.25) is 0 Å². The Bertz CT molecular complexity index is 1220. The lowest BCUT2D eigenvalue weighted by atomic mass is 10.1. The van der Waals surface area contributed by atoms with Crippen LogP contribution >= 0.6 is 0 Å². The van der Waals surface area contributed by atoms with Crippen LogP contribution in [0, 0.1) is 0 Å². The van der Waals surface area contributed by atoms with Crippen LogP contribution in [-0.2, 0) is 9.53 Å². The maximum Gasteiger partial charge on any atom is 0.363 e. The largest absolute Gasteiger partial charge is 0.494 e. The monoisotopic (exact) mass is 510 g/mol. The van der Waals surface area contributed by atoms with Crippen molar-refractivity contribution in [3.63, 3.8) is 0 Å². The quantitative estimate of drug-likeness (QED) is 0.124. The second kappa shape index (κ2) is 14.2. The van der Waals surface area contributed by atoms with Gasteiger partial charge in [0.25, 0.3) is 0 Å². The highest BCUT2D eigenvalue weighted by atomic mass is 16.6. The number of carbonyl (C=O) groups excluding carboxylic acids is 1.